The van der Waals surface area contributed by atoms with E-state index in [-0.39, 0.29) is 18.2 Å². The highest BCUT2D eigenvalue weighted by Crippen LogP contribution is 2.33. The predicted molar refractivity (Wildman–Crippen MR) is 88.7 cm³/mol. The highest BCUT2D eigenvalue weighted by molar-refractivity contribution is 7.14. The van der Waals surface area contributed by atoms with Gasteiger partial charge in [-0.3, -0.25) is 14.5 Å². The van der Waals surface area contributed by atoms with Crippen LogP contribution < -0.4 is 5.32 Å². The Kier molecular flexibility index (Phi) is 4.53. The molecule has 2 heterocycles. The number of imide groups is 1. The van der Waals surface area contributed by atoms with E-state index in [0.29, 0.717) is 17.7 Å². The van der Waals surface area contributed by atoms with Crippen LogP contribution in [0.15, 0.2) is 12.1 Å². The quantitative estimate of drug-likeness (QED) is 0.679. The van der Waals surface area contributed by atoms with Crippen molar-refractivity contribution in [1.29, 1.82) is 0 Å². The van der Waals surface area contributed by atoms with Gasteiger partial charge in [-0.2, -0.15) is 0 Å². The number of rotatable bonds is 4. The van der Waals surface area contributed by atoms with Crippen molar-refractivity contribution in [2.24, 2.45) is 0 Å². The van der Waals surface area contributed by atoms with Gasteiger partial charge in [-0.15, -0.1) is 11.3 Å². The molecule has 1 aromatic rings. The number of nitrogens with zero attached hydrogens (tertiary/aromatic N) is 1. The summed E-state index contributed by atoms with van der Waals surface area (Å²) in [4.78, 5) is 40.3. The van der Waals surface area contributed by atoms with E-state index in [1.165, 1.54) is 11.3 Å². The van der Waals surface area contributed by atoms with Crippen LogP contribution in [0.2, 0.25) is 0 Å². The number of ketones is 1. The molecular formula is C17H22N2O3S. The number of urea groups is 1. The van der Waals surface area contributed by atoms with Gasteiger partial charge in [0.05, 0.1) is 11.4 Å². The Balaban J connectivity index is 1.73. The van der Waals surface area contributed by atoms with Gasteiger partial charge in [0, 0.05) is 4.88 Å². The van der Waals surface area contributed by atoms with E-state index < -0.39 is 11.6 Å². The lowest BCUT2D eigenvalue weighted by molar-refractivity contribution is -0.131. The highest BCUT2D eigenvalue weighted by atomic mass is 32.1. The fourth-order valence-corrected chi connectivity index (χ4v) is 4.31. The number of nitrogens with one attached hydrogen (secondary N) is 1. The van der Waals surface area contributed by atoms with Gasteiger partial charge in [-0.25, -0.2) is 4.79 Å². The minimum absolute atomic E-state index is 0.157. The second-order valence-corrected chi connectivity index (χ2v) is 7.53. The van der Waals surface area contributed by atoms with Crippen molar-refractivity contribution in [2.75, 3.05) is 6.54 Å². The zero-order chi connectivity index (χ0) is 16.4. The Morgan fingerprint density at radius 3 is 2.52 bits per heavy atom. The average molecular weight is 334 g/mol. The first kappa shape index (κ1) is 16.2. The van der Waals surface area contributed by atoms with Crippen molar-refractivity contribution in [3.63, 3.8) is 0 Å². The third-order valence-corrected chi connectivity index (χ3v) is 6.06. The molecule has 0 bridgehead atoms. The fourth-order valence-electron chi connectivity index (χ4n) is 3.43. The van der Waals surface area contributed by atoms with Crippen molar-refractivity contribution in [3.05, 3.63) is 21.9 Å². The number of amides is 3. The van der Waals surface area contributed by atoms with Crippen molar-refractivity contribution >= 4 is 29.1 Å². The molecule has 0 aromatic carbocycles. The van der Waals surface area contributed by atoms with Gasteiger partial charge in [-0.1, -0.05) is 32.6 Å². The number of thiophene rings is 1. The molecular weight excluding hydrogens is 312 g/mol. The molecule has 1 spiro atoms. The first-order valence-electron chi connectivity index (χ1n) is 8.32. The minimum atomic E-state index is -0.766. The molecule has 6 heteroatoms. The third kappa shape index (κ3) is 3.04. The SMILES string of the molecule is CCc1ccc(C(=O)CN2C(=O)NC3(CCCCCC3)C2=O)s1. The van der Waals surface area contributed by atoms with E-state index in [0.717, 1.165) is 41.9 Å². The molecule has 1 aromatic heterocycles. The van der Waals surface area contributed by atoms with E-state index in [9.17, 15) is 14.4 Å². The number of carbonyl (C=O) groups excluding carboxylic acids is 3. The highest BCUT2D eigenvalue weighted by Gasteiger charge is 2.51. The van der Waals surface area contributed by atoms with Crippen LogP contribution >= 0.6 is 11.3 Å². The van der Waals surface area contributed by atoms with Crippen molar-refractivity contribution in [2.45, 2.75) is 57.4 Å². The Morgan fingerprint density at radius 2 is 1.91 bits per heavy atom. The Morgan fingerprint density at radius 1 is 1.22 bits per heavy atom. The Bertz CT molecular complexity index is 630. The lowest BCUT2D eigenvalue weighted by Gasteiger charge is -2.24. The fraction of sp³-hybridized carbons (Fsp3) is 0.588. The van der Waals surface area contributed by atoms with Crippen LogP contribution in [0.3, 0.4) is 0 Å². The smallest absolute Gasteiger partial charge is 0.323 e. The van der Waals surface area contributed by atoms with Gasteiger partial charge < -0.3 is 5.32 Å². The van der Waals surface area contributed by atoms with Crippen LogP contribution in [0.4, 0.5) is 4.79 Å². The second-order valence-electron chi connectivity index (χ2n) is 6.36. The molecule has 3 amide bonds. The summed E-state index contributed by atoms with van der Waals surface area (Å²) in [5.41, 5.74) is -0.766. The summed E-state index contributed by atoms with van der Waals surface area (Å²) in [6, 6.07) is 3.29. The first-order chi connectivity index (χ1) is 11.1. The van der Waals surface area contributed by atoms with E-state index >= 15 is 0 Å². The lowest BCUT2D eigenvalue weighted by Crippen LogP contribution is -2.46. The maximum atomic E-state index is 12.8. The molecule has 5 nitrogen and oxygen atoms in total. The van der Waals surface area contributed by atoms with Gasteiger partial charge >= 0.3 is 6.03 Å². The largest absolute Gasteiger partial charge is 0.325 e. The first-order valence-corrected chi connectivity index (χ1v) is 9.13. The van der Waals surface area contributed by atoms with E-state index in [2.05, 4.69) is 5.32 Å². The molecule has 1 aliphatic heterocycles. The molecule has 124 valence electrons. The molecule has 1 saturated carbocycles. The molecule has 1 saturated heterocycles. The summed E-state index contributed by atoms with van der Waals surface area (Å²) in [5, 5.41) is 2.87. The third-order valence-electron chi connectivity index (χ3n) is 4.79. The van der Waals surface area contributed by atoms with E-state index in [4.69, 9.17) is 0 Å². The number of hydrogen-bond acceptors (Lipinski definition) is 4. The Labute approximate surface area is 140 Å². The second kappa shape index (κ2) is 6.43. The number of hydrogen-bond donors (Lipinski definition) is 1. The van der Waals surface area contributed by atoms with Crippen LogP contribution in [0.5, 0.6) is 0 Å². The topological polar surface area (TPSA) is 66.5 Å². The van der Waals surface area contributed by atoms with Crippen molar-refractivity contribution in [1.82, 2.24) is 10.2 Å². The molecule has 2 fully saturated rings. The van der Waals surface area contributed by atoms with Crippen LogP contribution in [-0.4, -0.2) is 34.7 Å². The van der Waals surface area contributed by atoms with Gasteiger partial charge in [-0.05, 0) is 31.4 Å². The zero-order valence-electron chi connectivity index (χ0n) is 13.4. The predicted octanol–water partition coefficient (Wildman–Crippen LogP) is 3.14. The van der Waals surface area contributed by atoms with Crippen LogP contribution in [0, 0.1) is 0 Å². The number of carbonyl (C=O) groups is 3. The summed E-state index contributed by atoms with van der Waals surface area (Å²) in [7, 11) is 0. The van der Waals surface area contributed by atoms with Crippen molar-refractivity contribution in [3.8, 4) is 0 Å². The monoisotopic (exact) mass is 334 g/mol. The molecule has 23 heavy (non-hydrogen) atoms. The number of aryl methyl sites for hydroxylation is 1. The summed E-state index contributed by atoms with van der Waals surface area (Å²) >= 11 is 1.44. The summed E-state index contributed by atoms with van der Waals surface area (Å²) in [6.45, 7) is 1.88. The molecule has 1 aliphatic carbocycles. The zero-order valence-corrected chi connectivity index (χ0v) is 14.2. The lowest BCUT2D eigenvalue weighted by atomic mass is 9.90. The van der Waals surface area contributed by atoms with Gasteiger partial charge in [0.25, 0.3) is 5.91 Å². The van der Waals surface area contributed by atoms with Gasteiger partial charge in [0.2, 0.25) is 0 Å². The minimum Gasteiger partial charge on any atom is -0.323 e. The molecule has 2 aliphatic rings. The average Bonchev–Trinajstić information content (AvgIpc) is 3.01. The number of Topliss-reactive ketones (excluding diaryl/α,β-unsaturated/α-hetero) is 1. The van der Waals surface area contributed by atoms with E-state index in [1.54, 1.807) is 6.07 Å². The normalized spacial score (nSPS) is 20.7. The molecule has 0 unspecified atom stereocenters. The summed E-state index contributed by atoms with van der Waals surface area (Å²) in [5.74, 6) is -0.381. The summed E-state index contributed by atoms with van der Waals surface area (Å²) in [6.07, 6.45) is 6.32. The summed E-state index contributed by atoms with van der Waals surface area (Å²) < 4.78 is 0. The van der Waals surface area contributed by atoms with Crippen molar-refractivity contribution < 1.29 is 14.4 Å². The standard InChI is InChI=1S/C17H22N2O3S/c1-2-12-7-8-14(23-12)13(20)11-19-15(21)17(18-16(19)22)9-5-3-4-6-10-17/h7-8H,2-6,9-11H2,1H3,(H,18,22). The maximum absolute atomic E-state index is 12.8. The molecule has 3 rings (SSSR count). The van der Waals surface area contributed by atoms with Crippen LogP contribution in [-0.2, 0) is 11.2 Å². The van der Waals surface area contributed by atoms with Gasteiger partial charge in [0.15, 0.2) is 5.78 Å². The molecule has 0 radical (unpaired) electrons. The van der Waals surface area contributed by atoms with Crippen LogP contribution in [0.25, 0.3) is 0 Å². The molecule has 1 N–H and O–H groups in total. The van der Waals surface area contributed by atoms with Crippen LogP contribution in [0.1, 0.15) is 60.0 Å². The maximum Gasteiger partial charge on any atom is 0.325 e. The van der Waals surface area contributed by atoms with E-state index in [1.807, 2.05) is 13.0 Å². The molecule has 0 atom stereocenters. The van der Waals surface area contributed by atoms with Gasteiger partial charge in [0.1, 0.15) is 5.54 Å². The Hall–Kier alpha value is -1.69.